The second kappa shape index (κ2) is 11.0. The monoisotopic (exact) mass is 211 g/mol. The minimum atomic E-state index is -0.309. The molecule has 0 aromatic rings. The van der Waals surface area contributed by atoms with Crippen molar-refractivity contribution < 1.29 is 4.79 Å². The molecule has 15 heavy (non-hydrogen) atoms. The normalized spacial score (nSPS) is 10.1. The first-order valence-electron chi connectivity index (χ1n) is 5.51. The Hall–Kier alpha value is -1.05. The fourth-order valence-corrected chi connectivity index (χ4v) is 0.623. The molecule has 0 fully saturated rings. The van der Waals surface area contributed by atoms with Crippen molar-refractivity contribution in [1.29, 1.82) is 0 Å². The molecular formula is C13H25NO. The molecule has 0 aromatic heterocycles. The zero-order valence-electron chi connectivity index (χ0n) is 10.8. The Balaban J connectivity index is 0. The maximum Gasteiger partial charge on any atom is 0.244 e. The lowest BCUT2D eigenvalue weighted by Gasteiger charge is -1.92. The summed E-state index contributed by atoms with van der Waals surface area (Å²) in [5.74, 6) is -0.309. The third-order valence-corrected chi connectivity index (χ3v) is 1.97. The van der Waals surface area contributed by atoms with Gasteiger partial charge >= 0.3 is 0 Å². The van der Waals surface area contributed by atoms with E-state index < -0.39 is 0 Å². The average Bonchev–Trinajstić information content (AvgIpc) is 2.18. The van der Waals surface area contributed by atoms with Crippen LogP contribution in [-0.2, 0) is 4.79 Å². The van der Waals surface area contributed by atoms with Crippen molar-refractivity contribution in [2.24, 2.45) is 5.73 Å². The Labute approximate surface area is 94.2 Å². The lowest BCUT2D eigenvalue weighted by atomic mass is 10.2. The highest BCUT2D eigenvalue weighted by Gasteiger charge is 1.93. The van der Waals surface area contributed by atoms with Gasteiger partial charge in [0, 0.05) is 5.57 Å². The van der Waals surface area contributed by atoms with Gasteiger partial charge in [0.1, 0.15) is 0 Å². The largest absolute Gasteiger partial charge is 0.366 e. The van der Waals surface area contributed by atoms with Gasteiger partial charge in [-0.15, -0.1) is 0 Å². The molecule has 0 aliphatic carbocycles. The van der Waals surface area contributed by atoms with Crippen molar-refractivity contribution in [3.8, 4) is 0 Å². The maximum absolute atomic E-state index is 10.4. The van der Waals surface area contributed by atoms with Gasteiger partial charge in [-0.2, -0.15) is 0 Å². The van der Waals surface area contributed by atoms with E-state index in [-0.39, 0.29) is 5.91 Å². The second-order valence-corrected chi connectivity index (χ2v) is 3.76. The van der Waals surface area contributed by atoms with Crippen LogP contribution in [0.3, 0.4) is 0 Å². The third-order valence-electron chi connectivity index (χ3n) is 1.97. The van der Waals surface area contributed by atoms with Gasteiger partial charge in [0.2, 0.25) is 5.91 Å². The Morgan fingerprint density at radius 1 is 1.27 bits per heavy atom. The van der Waals surface area contributed by atoms with Crippen LogP contribution in [0.5, 0.6) is 0 Å². The smallest absolute Gasteiger partial charge is 0.244 e. The first-order valence-corrected chi connectivity index (χ1v) is 5.51. The van der Waals surface area contributed by atoms with Crippen LogP contribution in [0, 0.1) is 0 Å². The van der Waals surface area contributed by atoms with Gasteiger partial charge in [-0.25, -0.2) is 0 Å². The zero-order chi connectivity index (χ0) is 12.3. The average molecular weight is 211 g/mol. The number of hydrogen-bond donors (Lipinski definition) is 1. The summed E-state index contributed by atoms with van der Waals surface area (Å²) >= 11 is 0. The van der Waals surface area contributed by atoms with E-state index in [9.17, 15) is 4.79 Å². The van der Waals surface area contributed by atoms with Gasteiger partial charge in [-0.3, -0.25) is 4.79 Å². The molecule has 0 aliphatic rings. The van der Waals surface area contributed by atoms with Gasteiger partial charge in [-0.1, -0.05) is 37.5 Å². The third kappa shape index (κ3) is 15.7. The summed E-state index contributed by atoms with van der Waals surface area (Å²) in [5.41, 5.74) is 7.07. The summed E-state index contributed by atoms with van der Waals surface area (Å²) in [5, 5.41) is 0. The summed E-state index contributed by atoms with van der Waals surface area (Å²) in [4.78, 5) is 10.4. The summed E-state index contributed by atoms with van der Waals surface area (Å²) < 4.78 is 0. The Kier molecular flexibility index (Phi) is 12.0. The molecule has 2 nitrogen and oxygen atoms in total. The predicted octanol–water partition coefficient (Wildman–Crippen LogP) is 3.58. The van der Waals surface area contributed by atoms with Gasteiger partial charge < -0.3 is 5.73 Å². The number of rotatable bonds is 4. The number of allylic oxidation sites excluding steroid dienone is 3. The van der Waals surface area contributed by atoms with E-state index >= 15 is 0 Å². The lowest BCUT2D eigenvalue weighted by molar-refractivity contribution is -0.114. The summed E-state index contributed by atoms with van der Waals surface area (Å²) in [6, 6.07) is 0. The number of unbranched alkanes of at least 4 members (excludes halogenated alkanes) is 2. The van der Waals surface area contributed by atoms with Crippen molar-refractivity contribution in [2.75, 3.05) is 0 Å². The van der Waals surface area contributed by atoms with Crippen molar-refractivity contribution in [3.63, 3.8) is 0 Å². The SMILES string of the molecule is CC=C(C)C.CCCCC=C(C)C(N)=O. The molecule has 0 saturated heterocycles. The molecule has 1 amide bonds. The van der Waals surface area contributed by atoms with E-state index in [1.165, 1.54) is 5.57 Å². The van der Waals surface area contributed by atoms with E-state index in [1.807, 2.05) is 13.0 Å². The highest BCUT2D eigenvalue weighted by atomic mass is 16.1. The minimum Gasteiger partial charge on any atom is -0.366 e. The van der Waals surface area contributed by atoms with Gasteiger partial charge in [0.05, 0.1) is 0 Å². The molecule has 0 bridgehead atoms. The first-order chi connectivity index (χ1) is 6.95. The van der Waals surface area contributed by atoms with Gasteiger partial charge in [0.25, 0.3) is 0 Å². The summed E-state index contributed by atoms with van der Waals surface area (Å²) in [6.07, 6.45) is 7.23. The molecule has 0 spiro atoms. The van der Waals surface area contributed by atoms with Crippen LogP contribution in [0.25, 0.3) is 0 Å². The van der Waals surface area contributed by atoms with E-state index in [4.69, 9.17) is 5.73 Å². The number of carbonyl (C=O) groups is 1. The van der Waals surface area contributed by atoms with Gasteiger partial charge in [0.15, 0.2) is 0 Å². The van der Waals surface area contributed by atoms with E-state index in [1.54, 1.807) is 6.92 Å². The quantitative estimate of drug-likeness (QED) is 0.431. The van der Waals surface area contributed by atoms with E-state index in [0.29, 0.717) is 5.57 Å². The molecule has 0 saturated carbocycles. The molecule has 88 valence electrons. The molecule has 2 N–H and O–H groups in total. The van der Waals surface area contributed by atoms with Crippen LogP contribution in [0.2, 0.25) is 0 Å². The van der Waals surface area contributed by atoms with E-state index in [0.717, 1.165) is 19.3 Å². The van der Waals surface area contributed by atoms with Crippen molar-refractivity contribution >= 4 is 5.91 Å². The molecular weight excluding hydrogens is 186 g/mol. The van der Waals surface area contributed by atoms with Crippen LogP contribution in [0.1, 0.15) is 53.9 Å². The van der Waals surface area contributed by atoms with Crippen LogP contribution < -0.4 is 5.73 Å². The Morgan fingerprint density at radius 3 is 2.00 bits per heavy atom. The summed E-state index contributed by atoms with van der Waals surface area (Å²) in [6.45, 7) is 10.1. The van der Waals surface area contributed by atoms with Crippen molar-refractivity contribution in [3.05, 3.63) is 23.3 Å². The topological polar surface area (TPSA) is 43.1 Å². The maximum atomic E-state index is 10.4. The van der Waals surface area contributed by atoms with E-state index in [2.05, 4.69) is 26.8 Å². The standard InChI is InChI=1S/C8H15NO.C5H10/c1-3-4-5-6-7(2)8(9)10;1-4-5(2)3/h6H,3-5H2,1-2H3,(H2,9,10);4H,1-3H3. The molecule has 0 aromatic carbocycles. The number of amides is 1. The predicted molar refractivity (Wildman–Crippen MR) is 67.6 cm³/mol. The molecule has 0 atom stereocenters. The number of primary amides is 1. The molecule has 2 heteroatoms. The number of hydrogen-bond acceptors (Lipinski definition) is 1. The van der Waals surface area contributed by atoms with Crippen LogP contribution in [-0.4, -0.2) is 5.91 Å². The lowest BCUT2D eigenvalue weighted by Crippen LogP contribution is -2.11. The molecule has 0 heterocycles. The first kappa shape index (κ1) is 16.4. The molecule has 0 rings (SSSR count). The van der Waals surface area contributed by atoms with Crippen LogP contribution >= 0.6 is 0 Å². The Morgan fingerprint density at radius 2 is 1.73 bits per heavy atom. The van der Waals surface area contributed by atoms with Crippen LogP contribution in [0.15, 0.2) is 23.3 Å². The second-order valence-electron chi connectivity index (χ2n) is 3.76. The molecule has 0 aliphatic heterocycles. The van der Waals surface area contributed by atoms with Crippen LogP contribution in [0.4, 0.5) is 0 Å². The molecule has 0 radical (unpaired) electrons. The highest BCUT2D eigenvalue weighted by Crippen LogP contribution is 1.99. The Bertz CT molecular complexity index is 223. The number of nitrogens with two attached hydrogens (primary N) is 1. The van der Waals surface area contributed by atoms with Gasteiger partial charge in [-0.05, 0) is 34.1 Å². The fourth-order valence-electron chi connectivity index (χ4n) is 0.623. The summed E-state index contributed by atoms with van der Waals surface area (Å²) in [7, 11) is 0. The zero-order valence-corrected chi connectivity index (χ0v) is 10.8. The van der Waals surface area contributed by atoms with Crippen molar-refractivity contribution in [1.82, 2.24) is 0 Å². The highest BCUT2D eigenvalue weighted by molar-refractivity contribution is 5.91. The van der Waals surface area contributed by atoms with Crippen molar-refractivity contribution in [2.45, 2.75) is 53.9 Å². The molecule has 0 unspecified atom stereocenters. The number of carbonyl (C=O) groups excluding carboxylic acids is 1. The minimum absolute atomic E-state index is 0.309. The fraction of sp³-hybridized carbons (Fsp3) is 0.615.